The first kappa shape index (κ1) is 18.5. The SMILES string of the molecule is C[Si](C)(C)CCOCc1nc(-c2ccc(F)cc2)c(-c2ccncc2)[nH]1. The number of nitrogens with one attached hydrogen (secondary N) is 1. The summed E-state index contributed by atoms with van der Waals surface area (Å²) in [5, 5.41) is 0. The van der Waals surface area contributed by atoms with E-state index in [4.69, 9.17) is 9.72 Å². The van der Waals surface area contributed by atoms with Crippen LogP contribution >= 0.6 is 0 Å². The third-order valence-corrected chi connectivity index (χ3v) is 5.78. The highest BCUT2D eigenvalue weighted by Crippen LogP contribution is 2.30. The lowest BCUT2D eigenvalue weighted by Gasteiger charge is -2.14. The van der Waals surface area contributed by atoms with E-state index in [0.717, 1.165) is 41.0 Å². The third kappa shape index (κ3) is 4.86. The Balaban J connectivity index is 1.85. The lowest BCUT2D eigenvalue weighted by atomic mass is 10.1. The van der Waals surface area contributed by atoms with E-state index >= 15 is 0 Å². The zero-order valence-corrected chi connectivity index (χ0v) is 16.4. The number of nitrogens with zero attached hydrogens (tertiary/aromatic N) is 2. The summed E-state index contributed by atoms with van der Waals surface area (Å²) in [6.07, 6.45) is 3.49. The molecule has 0 aliphatic rings. The number of ether oxygens (including phenoxy) is 1. The average Bonchev–Trinajstić information content (AvgIpc) is 3.04. The van der Waals surface area contributed by atoms with Gasteiger partial charge in [-0.15, -0.1) is 0 Å². The van der Waals surface area contributed by atoms with Gasteiger partial charge in [0.25, 0.3) is 0 Å². The molecule has 3 aromatic rings. The smallest absolute Gasteiger partial charge is 0.133 e. The van der Waals surface area contributed by atoms with Crippen molar-refractivity contribution in [3.63, 3.8) is 0 Å². The number of H-pyrrole nitrogens is 1. The number of imidazole rings is 1. The van der Waals surface area contributed by atoms with Crippen LogP contribution in [0.1, 0.15) is 5.82 Å². The Hall–Kier alpha value is -2.31. The topological polar surface area (TPSA) is 50.8 Å². The van der Waals surface area contributed by atoms with E-state index in [1.54, 1.807) is 24.5 Å². The minimum absolute atomic E-state index is 0.260. The van der Waals surface area contributed by atoms with Crippen molar-refractivity contribution in [3.05, 3.63) is 60.4 Å². The molecule has 6 heteroatoms. The summed E-state index contributed by atoms with van der Waals surface area (Å²) in [6, 6.07) is 11.4. The van der Waals surface area contributed by atoms with Gasteiger partial charge in [-0.2, -0.15) is 0 Å². The van der Waals surface area contributed by atoms with Gasteiger partial charge in [0.1, 0.15) is 18.2 Å². The lowest BCUT2D eigenvalue weighted by molar-refractivity contribution is 0.128. The molecule has 0 bridgehead atoms. The second-order valence-corrected chi connectivity index (χ2v) is 13.1. The average molecular weight is 370 g/mol. The fourth-order valence-corrected chi connectivity index (χ4v) is 3.34. The standard InChI is InChI=1S/C20H24FN3OSi/c1-26(2,3)13-12-25-14-18-23-19(15-4-6-17(21)7-5-15)20(24-18)16-8-10-22-11-9-16/h4-11H,12-14H2,1-3H3,(H,23,24). The van der Waals surface area contributed by atoms with Crippen molar-refractivity contribution in [2.24, 2.45) is 0 Å². The fraction of sp³-hybridized carbons (Fsp3) is 0.300. The van der Waals surface area contributed by atoms with Gasteiger partial charge in [-0.3, -0.25) is 4.98 Å². The van der Waals surface area contributed by atoms with Gasteiger partial charge < -0.3 is 9.72 Å². The summed E-state index contributed by atoms with van der Waals surface area (Å²) in [5.41, 5.74) is 3.53. The quantitative estimate of drug-likeness (QED) is 0.464. The molecule has 1 aromatic carbocycles. The Morgan fingerprint density at radius 2 is 1.69 bits per heavy atom. The second kappa shape index (κ2) is 7.93. The van der Waals surface area contributed by atoms with Gasteiger partial charge in [-0.25, -0.2) is 9.37 Å². The summed E-state index contributed by atoms with van der Waals surface area (Å²) in [5.74, 6) is 0.511. The predicted molar refractivity (Wildman–Crippen MR) is 105 cm³/mol. The zero-order valence-electron chi connectivity index (χ0n) is 15.4. The Labute approximate surface area is 154 Å². The van der Waals surface area contributed by atoms with Crippen LogP contribution in [0, 0.1) is 5.82 Å². The van der Waals surface area contributed by atoms with Crippen LogP contribution in [-0.2, 0) is 11.3 Å². The number of aromatic nitrogens is 3. The van der Waals surface area contributed by atoms with Crippen LogP contribution in [0.15, 0.2) is 48.8 Å². The van der Waals surface area contributed by atoms with Crippen molar-refractivity contribution in [1.82, 2.24) is 15.0 Å². The van der Waals surface area contributed by atoms with E-state index in [-0.39, 0.29) is 5.82 Å². The predicted octanol–water partition coefficient (Wildman–Crippen LogP) is 5.13. The van der Waals surface area contributed by atoms with Crippen LogP contribution in [0.3, 0.4) is 0 Å². The van der Waals surface area contributed by atoms with E-state index in [1.165, 1.54) is 12.1 Å². The van der Waals surface area contributed by atoms with Gasteiger partial charge >= 0.3 is 0 Å². The van der Waals surface area contributed by atoms with Crippen molar-refractivity contribution in [1.29, 1.82) is 0 Å². The Morgan fingerprint density at radius 1 is 1.00 bits per heavy atom. The molecule has 0 unspecified atom stereocenters. The van der Waals surface area contributed by atoms with Crippen molar-refractivity contribution >= 4 is 8.07 Å². The van der Waals surface area contributed by atoms with Crippen molar-refractivity contribution < 1.29 is 9.13 Å². The van der Waals surface area contributed by atoms with Crippen LogP contribution < -0.4 is 0 Å². The van der Waals surface area contributed by atoms with Crippen LogP contribution in [0.25, 0.3) is 22.5 Å². The molecule has 0 atom stereocenters. The number of hydrogen-bond acceptors (Lipinski definition) is 3. The largest absolute Gasteiger partial charge is 0.374 e. The molecule has 4 nitrogen and oxygen atoms in total. The molecule has 0 fully saturated rings. The summed E-state index contributed by atoms with van der Waals surface area (Å²) in [6.45, 7) is 8.17. The highest BCUT2D eigenvalue weighted by atomic mass is 28.3. The van der Waals surface area contributed by atoms with Gasteiger partial charge in [0.05, 0.1) is 11.4 Å². The highest BCUT2D eigenvalue weighted by Gasteiger charge is 2.15. The maximum atomic E-state index is 13.3. The van der Waals surface area contributed by atoms with E-state index < -0.39 is 8.07 Å². The highest BCUT2D eigenvalue weighted by molar-refractivity contribution is 6.76. The first-order chi connectivity index (χ1) is 12.4. The molecule has 2 heterocycles. The van der Waals surface area contributed by atoms with Gasteiger partial charge in [-0.05, 0) is 42.4 Å². The number of hydrogen-bond donors (Lipinski definition) is 1. The van der Waals surface area contributed by atoms with Crippen LogP contribution in [0.4, 0.5) is 4.39 Å². The van der Waals surface area contributed by atoms with Gasteiger partial charge in [0.2, 0.25) is 0 Å². The molecule has 3 rings (SSSR count). The third-order valence-electron chi connectivity index (χ3n) is 4.07. The molecule has 0 saturated carbocycles. The molecule has 0 radical (unpaired) electrons. The van der Waals surface area contributed by atoms with Gasteiger partial charge in [0.15, 0.2) is 0 Å². The number of halogens is 1. The molecule has 0 aliphatic heterocycles. The number of rotatable bonds is 7. The molecule has 136 valence electrons. The van der Waals surface area contributed by atoms with Crippen molar-refractivity contribution in [2.75, 3.05) is 6.61 Å². The van der Waals surface area contributed by atoms with E-state index in [1.807, 2.05) is 12.1 Å². The number of aromatic amines is 1. The van der Waals surface area contributed by atoms with E-state index in [0.29, 0.717) is 6.61 Å². The molecule has 0 saturated heterocycles. The molecule has 0 spiro atoms. The first-order valence-corrected chi connectivity index (χ1v) is 12.5. The minimum Gasteiger partial charge on any atom is -0.374 e. The zero-order chi connectivity index (χ0) is 18.6. The summed E-state index contributed by atoms with van der Waals surface area (Å²) in [7, 11) is -1.11. The molecule has 26 heavy (non-hydrogen) atoms. The van der Waals surface area contributed by atoms with Gasteiger partial charge in [0, 0.05) is 38.2 Å². The summed E-state index contributed by atoms with van der Waals surface area (Å²) >= 11 is 0. The molecule has 0 aliphatic carbocycles. The first-order valence-electron chi connectivity index (χ1n) is 8.75. The molecular formula is C20H24FN3OSi. The normalized spacial score (nSPS) is 11.7. The van der Waals surface area contributed by atoms with E-state index in [9.17, 15) is 4.39 Å². The number of benzene rings is 1. The Kier molecular flexibility index (Phi) is 5.63. The molecule has 0 amide bonds. The van der Waals surface area contributed by atoms with Crippen LogP contribution in [-0.4, -0.2) is 29.6 Å². The number of pyridine rings is 1. The van der Waals surface area contributed by atoms with Crippen molar-refractivity contribution in [3.8, 4) is 22.5 Å². The van der Waals surface area contributed by atoms with Crippen LogP contribution in [0.5, 0.6) is 0 Å². The summed E-state index contributed by atoms with van der Waals surface area (Å²) in [4.78, 5) is 12.1. The van der Waals surface area contributed by atoms with Gasteiger partial charge in [-0.1, -0.05) is 19.6 Å². The molecular weight excluding hydrogens is 345 g/mol. The fourth-order valence-electron chi connectivity index (χ4n) is 2.58. The van der Waals surface area contributed by atoms with Crippen molar-refractivity contribution in [2.45, 2.75) is 32.3 Å². The monoisotopic (exact) mass is 369 g/mol. The maximum Gasteiger partial charge on any atom is 0.133 e. The molecule has 1 N–H and O–H groups in total. The second-order valence-electron chi connectivity index (χ2n) is 7.51. The minimum atomic E-state index is -1.11. The molecule has 2 aromatic heterocycles. The summed E-state index contributed by atoms with van der Waals surface area (Å²) < 4.78 is 19.1. The Bertz CT molecular complexity index is 842. The maximum absolute atomic E-state index is 13.3. The lowest BCUT2D eigenvalue weighted by Crippen LogP contribution is -2.21. The van der Waals surface area contributed by atoms with Crippen LogP contribution in [0.2, 0.25) is 25.7 Å². The Morgan fingerprint density at radius 3 is 2.35 bits per heavy atom. The van der Waals surface area contributed by atoms with E-state index in [2.05, 4.69) is 29.6 Å².